The van der Waals surface area contributed by atoms with Gasteiger partial charge in [-0.05, 0) is 156 Å². The van der Waals surface area contributed by atoms with Crippen molar-refractivity contribution < 1.29 is 0 Å². The number of rotatable bonds is 22. The van der Waals surface area contributed by atoms with Crippen molar-refractivity contribution in [2.24, 2.45) is 5.92 Å². The molecule has 2 atom stereocenters. The van der Waals surface area contributed by atoms with Crippen molar-refractivity contribution in [1.82, 2.24) is 0 Å². The number of unbranched alkanes of at least 4 members (excludes halogenated alkanes) is 7. The topological polar surface area (TPSA) is 3.24 Å². The molecule has 312 valence electrons. The first-order valence-electron chi connectivity index (χ1n) is 23.7. The highest BCUT2D eigenvalue weighted by molar-refractivity contribution is 5.87. The number of anilines is 3. The minimum atomic E-state index is -0.0277. The summed E-state index contributed by atoms with van der Waals surface area (Å²) < 4.78 is 0. The smallest absolute Gasteiger partial charge is 0.0468 e. The van der Waals surface area contributed by atoms with Gasteiger partial charge < -0.3 is 4.90 Å². The zero-order chi connectivity index (χ0) is 42.0. The van der Waals surface area contributed by atoms with Crippen LogP contribution in [-0.2, 0) is 16.2 Å². The lowest BCUT2D eigenvalue weighted by Gasteiger charge is -2.35. The van der Waals surface area contributed by atoms with E-state index >= 15 is 0 Å². The van der Waals surface area contributed by atoms with Crippen LogP contribution in [-0.4, -0.2) is 0 Å². The predicted molar refractivity (Wildman–Crippen MR) is 260 cm³/mol. The van der Waals surface area contributed by atoms with Gasteiger partial charge in [-0.2, -0.15) is 0 Å². The molecular weight excluding hydrogens is 711 g/mol. The Labute approximate surface area is 360 Å². The molecular formula is C58H75N. The van der Waals surface area contributed by atoms with Crippen LogP contribution in [0.1, 0.15) is 180 Å². The number of hydrogen-bond acceptors (Lipinski definition) is 1. The molecule has 0 N–H and O–H groups in total. The minimum Gasteiger partial charge on any atom is -0.310 e. The fourth-order valence-corrected chi connectivity index (χ4v) is 9.93. The van der Waals surface area contributed by atoms with Gasteiger partial charge in [0.2, 0.25) is 0 Å². The van der Waals surface area contributed by atoms with Crippen LogP contribution >= 0.6 is 0 Å². The summed E-state index contributed by atoms with van der Waals surface area (Å²) in [5.41, 5.74) is 18.8. The summed E-state index contributed by atoms with van der Waals surface area (Å²) >= 11 is 0. The predicted octanol–water partition coefficient (Wildman–Crippen LogP) is 17.8. The highest BCUT2D eigenvalue weighted by Crippen LogP contribution is 2.56. The maximum atomic E-state index is 4.04. The Kier molecular flexibility index (Phi) is 14.9. The summed E-state index contributed by atoms with van der Waals surface area (Å²) in [5, 5.41) is 0. The molecule has 0 spiro atoms. The van der Waals surface area contributed by atoms with Crippen LogP contribution in [0.15, 0.2) is 122 Å². The molecule has 0 aromatic heterocycles. The van der Waals surface area contributed by atoms with Crippen molar-refractivity contribution in [2.75, 3.05) is 4.90 Å². The number of benzene rings is 4. The van der Waals surface area contributed by atoms with Crippen LogP contribution < -0.4 is 4.90 Å². The molecule has 4 aromatic rings. The fraction of sp³-hybridized carbons (Fsp3) is 0.466. The molecule has 1 nitrogen and oxygen atoms in total. The largest absolute Gasteiger partial charge is 0.310 e. The van der Waals surface area contributed by atoms with E-state index in [1.54, 1.807) is 5.56 Å². The molecule has 2 unspecified atom stereocenters. The summed E-state index contributed by atoms with van der Waals surface area (Å²) in [6.45, 7) is 22.9. The standard InChI is InChI=1S/C58H75N/c1-10-16-18-20-22-39-58(40-23-21-19-17-11-2)54-42-48(57(9,14-5)15-6)33-37-52(54)53-38-36-51(43-55(53)58)59(49-34-31-47(32-35-49)56(8,12-3)13-4)50-26-24-25-46(41-50)45-29-27-44(7)28-30-45/h10,24-29,31-38,41-44H,1,11-23,39-40H2,2-9H3. The van der Waals surface area contributed by atoms with E-state index in [4.69, 9.17) is 0 Å². The van der Waals surface area contributed by atoms with E-state index in [-0.39, 0.29) is 16.2 Å². The van der Waals surface area contributed by atoms with Gasteiger partial charge in [-0.3, -0.25) is 0 Å². The quantitative estimate of drug-likeness (QED) is 0.0436. The van der Waals surface area contributed by atoms with Crippen LogP contribution in [0.5, 0.6) is 0 Å². The van der Waals surface area contributed by atoms with Gasteiger partial charge in [0.25, 0.3) is 0 Å². The SMILES string of the molecule is C=CCCCCCC1(CCCCCCC)c2cc(N(c3ccc(C(C)(CC)CC)cc3)c3cccc(C4=C=CC(C)C=C4)c3)ccc2-c2ccc(C(C)(CC)CC)cc21. The van der Waals surface area contributed by atoms with E-state index in [0.29, 0.717) is 5.92 Å². The van der Waals surface area contributed by atoms with Crippen LogP contribution in [0.25, 0.3) is 16.7 Å². The van der Waals surface area contributed by atoms with E-state index in [2.05, 4.69) is 182 Å². The van der Waals surface area contributed by atoms with Crippen molar-refractivity contribution in [3.8, 4) is 11.1 Å². The second-order valence-electron chi connectivity index (χ2n) is 18.5. The van der Waals surface area contributed by atoms with Gasteiger partial charge in [-0.15, -0.1) is 12.3 Å². The molecule has 0 saturated carbocycles. The molecule has 0 aliphatic heterocycles. The van der Waals surface area contributed by atoms with Gasteiger partial charge in [0, 0.05) is 28.1 Å². The second kappa shape index (κ2) is 19.8. The lowest BCUT2D eigenvalue weighted by molar-refractivity contribution is 0.397. The average molecular weight is 786 g/mol. The van der Waals surface area contributed by atoms with Gasteiger partial charge in [0.1, 0.15) is 0 Å². The summed E-state index contributed by atoms with van der Waals surface area (Å²) in [6.07, 6.45) is 27.0. The summed E-state index contributed by atoms with van der Waals surface area (Å²) in [4.78, 5) is 2.53. The first kappa shape index (κ1) is 44.2. The number of hydrogen-bond donors (Lipinski definition) is 0. The maximum Gasteiger partial charge on any atom is 0.0468 e. The zero-order valence-corrected chi connectivity index (χ0v) is 38.2. The van der Waals surface area contributed by atoms with E-state index in [0.717, 1.165) is 37.7 Å². The van der Waals surface area contributed by atoms with Gasteiger partial charge in [0.15, 0.2) is 0 Å². The summed E-state index contributed by atoms with van der Waals surface area (Å²) in [5.74, 6) is 0.409. The van der Waals surface area contributed by atoms with Crippen molar-refractivity contribution >= 4 is 22.6 Å². The van der Waals surface area contributed by atoms with Crippen LogP contribution in [0.3, 0.4) is 0 Å². The van der Waals surface area contributed by atoms with E-state index < -0.39 is 0 Å². The Hall–Kier alpha value is -4.32. The number of allylic oxidation sites excluding steroid dienone is 4. The highest BCUT2D eigenvalue weighted by Gasteiger charge is 2.43. The molecule has 1 heteroatoms. The highest BCUT2D eigenvalue weighted by atomic mass is 15.1. The Bertz CT molecular complexity index is 2110. The van der Waals surface area contributed by atoms with E-state index in [1.807, 2.05) is 0 Å². The van der Waals surface area contributed by atoms with Gasteiger partial charge >= 0.3 is 0 Å². The summed E-state index contributed by atoms with van der Waals surface area (Å²) in [7, 11) is 0. The van der Waals surface area contributed by atoms with Gasteiger partial charge in [0.05, 0.1) is 0 Å². The van der Waals surface area contributed by atoms with Gasteiger partial charge in [-0.1, -0.05) is 161 Å². The lowest BCUT2D eigenvalue weighted by atomic mass is 9.69. The second-order valence-corrected chi connectivity index (χ2v) is 18.5. The molecule has 0 bridgehead atoms. The Morgan fingerprint density at radius 1 is 0.644 bits per heavy atom. The first-order valence-corrected chi connectivity index (χ1v) is 23.7. The van der Waals surface area contributed by atoms with Crippen molar-refractivity contribution in [3.05, 3.63) is 149 Å². The molecule has 0 radical (unpaired) electrons. The molecule has 2 aliphatic rings. The Morgan fingerprint density at radius 3 is 1.85 bits per heavy atom. The van der Waals surface area contributed by atoms with Crippen molar-refractivity contribution in [1.29, 1.82) is 0 Å². The lowest BCUT2D eigenvalue weighted by Crippen LogP contribution is -2.27. The number of nitrogens with zero attached hydrogens (tertiary/aromatic N) is 1. The molecule has 0 amide bonds. The molecule has 0 saturated heterocycles. The summed E-state index contributed by atoms with van der Waals surface area (Å²) in [6, 6.07) is 33.8. The van der Waals surface area contributed by atoms with Crippen LogP contribution in [0.4, 0.5) is 17.1 Å². The van der Waals surface area contributed by atoms with Crippen LogP contribution in [0.2, 0.25) is 0 Å². The Morgan fingerprint density at radius 2 is 1.22 bits per heavy atom. The first-order chi connectivity index (χ1) is 28.6. The van der Waals surface area contributed by atoms with E-state index in [9.17, 15) is 0 Å². The maximum absolute atomic E-state index is 4.04. The minimum absolute atomic E-state index is 0.0277. The molecule has 2 aliphatic carbocycles. The molecule has 4 aromatic carbocycles. The normalized spacial score (nSPS) is 17.2. The average Bonchev–Trinajstić information content (AvgIpc) is 3.54. The van der Waals surface area contributed by atoms with Crippen molar-refractivity contribution in [2.45, 2.75) is 168 Å². The third-order valence-electron chi connectivity index (χ3n) is 14.9. The fourth-order valence-electron chi connectivity index (χ4n) is 9.93. The van der Waals surface area contributed by atoms with Gasteiger partial charge in [-0.25, -0.2) is 0 Å². The molecule has 59 heavy (non-hydrogen) atoms. The monoisotopic (exact) mass is 786 g/mol. The third-order valence-corrected chi connectivity index (χ3v) is 14.9. The van der Waals surface area contributed by atoms with Crippen molar-refractivity contribution in [3.63, 3.8) is 0 Å². The van der Waals surface area contributed by atoms with Crippen LogP contribution in [0, 0.1) is 5.92 Å². The third kappa shape index (κ3) is 9.37. The molecule has 6 rings (SSSR count). The number of fused-ring (bicyclic) bond motifs is 3. The molecule has 0 heterocycles. The van der Waals surface area contributed by atoms with E-state index in [1.165, 1.54) is 115 Å². The zero-order valence-electron chi connectivity index (χ0n) is 38.2. The Balaban J connectivity index is 1.55. The molecule has 0 fully saturated rings.